The maximum atomic E-state index is 13.5. The van der Waals surface area contributed by atoms with Crippen molar-refractivity contribution in [1.29, 1.82) is 0 Å². The maximum absolute atomic E-state index is 13.5. The highest BCUT2D eigenvalue weighted by atomic mass is 79.9. The number of hydrogen-bond donors (Lipinski definition) is 2. The van der Waals surface area contributed by atoms with Gasteiger partial charge >= 0.3 is 5.97 Å². The van der Waals surface area contributed by atoms with Crippen LogP contribution in [0.25, 0.3) is 0 Å². The minimum atomic E-state index is -0.686. The maximum Gasteiger partial charge on any atom is 0.306 e. The molecule has 0 spiro atoms. The third-order valence-corrected chi connectivity index (χ3v) is 4.67. The second kappa shape index (κ2) is 7.36. The number of halogens is 2. The number of carbonyl (C=O) groups is 1. The van der Waals surface area contributed by atoms with E-state index in [9.17, 15) is 9.18 Å². The molecule has 1 unspecified atom stereocenters. The predicted octanol–water partition coefficient (Wildman–Crippen LogP) is 4.27. The van der Waals surface area contributed by atoms with E-state index in [2.05, 4.69) is 28.2 Å². The van der Waals surface area contributed by atoms with Crippen molar-refractivity contribution < 1.29 is 14.3 Å². The molecule has 1 atom stereocenters. The molecule has 5 heteroatoms. The molecule has 0 radical (unpaired) electrons. The molecular formula is C16H21BrFNO2. The average molecular weight is 358 g/mol. The summed E-state index contributed by atoms with van der Waals surface area (Å²) in [6.07, 6.45) is 4.04. The number of carboxylic acids is 1. The summed E-state index contributed by atoms with van der Waals surface area (Å²) in [6, 6.07) is 5.37. The van der Waals surface area contributed by atoms with Crippen molar-refractivity contribution in [3.8, 4) is 0 Å². The monoisotopic (exact) mass is 357 g/mol. The van der Waals surface area contributed by atoms with Crippen LogP contribution >= 0.6 is 15.9 Å². The van der Waals surface area contributed by atoms with Gasteiger partial charge in [-0.3, -0.25) is 4.79 Å². The van der Waals surface area contributed by atoms with Crippen LogP contribution in [0.2, 0.25) is 0 Å². The van der Waals surface area contributed by atoms with Crippen LogP contribution in [0, 0.1) is 11.7 Å². The van der Waals surface area contributed by atoms with Gasteiger partial charge in [-0.2, -0.15) is 0 Å². The van der Waals surface area contributed by atoms with Crippen LogP contribution in [0.5, 0.6) is 0 Å². The normalized spacial score (nSPS) is 23.8. The molecule has 0 saturated heterocycles. The van der Waals surface area contributed by atoms with E-state index >= 15 is 0 Å². The molecule has 1 aromatic rings. The molecule has 1 aliphatic rings. The molecular weight excluding hydrogens is 337 g/mol. The van der Waals surface area contributed by atoms with Crippen LogP contribution < -0.4 is 5.32 Å². The Morgan fingerprint density at radius 1 is 1.38 bits per heavy atom. The molecule has 2 N–H and O–H groups in total. The van der Waals surface area contributed by atoms with Gasteiger partial charge in [0, 0.05) is 16.6 Å². The molecule has 0 bridgehead atoms. The second-order valence-corrected chi connectivity index (χ2v) is 6.63. The van der Waals surface area contributed by atoms with Crippen LogP contribution in [0.15, 0.2) is 22.7 Å². The molecule has 0 heterocycles. The van der Waals surface area contributed by atoms with Crippen LogP contribution in [0.3, 0.4) is 0 Å². The number of carboxylic acid groups (broad SMARTS) is 1. The summed E-state index contributed by atoms with van der Waals surface area (Å²) in [7, 11) is 0. The fourth-order valence-electron chi connectivity index (χ4n) is 3.02. The first kappa shape index (κ1) is 16.4. The van der Waals surface area contributed by atoms with E-state index in [-0.39, 0.29) is 17.8 Å². The Morgan fingerprint density at radius 2 is 2.05 bits per heavy atom. The summed E-state index contributed by atoms with van der Waals surface area (Å²) < 4.78 is 14.3. The summed E-state index contributed by atoms with van der Waals surface area (Å²) in [5, 5.41) is 12.6. The van der Waals surface area contributed by atoms with Crippen molar-refractivity contribution in [3.63, 3.8) is 0 Å². The Hall–Kier alpha value is -0.940. The van der Waals surface area contributed by atoms with Crippen molar-refractivity contribution in [3.05, 3.63) is 34.1 Å². The fraction of sp³-hybridized carbons (Fsp3) is 0.562. The number of hydrogen-bond acceptors (Lipinski definition) is 2. The SMILES string of the molecule is CCC(NC1CCC(C(=O)O)CC1)c1cc(F)cc(Br)c1. The molecule has 0 amide bonds. The molecule has 116 valence electrons. The van der Waals surface area contributed by atoms with Gasteiger partial charge in [-0.05, 0) is 55.9 Å². The van der Waals surface area contributed by atoms with Crippen molar-refractivity contribution in [2.24, 2.45) is 5.92 Å². The molecule has 1 aromatic carbocycles. The van der Waals surface area contributed by atoms with E-state index in [0.717, 1.165) is 42.1 Å². The number of nitrogens with one attached hydrogen (secondary N) is 1. The van der Waals surface area contributed by atoms with E-state index in [4.69, 9.17) is 5.11 Å². The highest BCUT2D eigenvalue weighted by Gasteiger charge is 2.27. The van der Waals surface area contributed by atoms with Crippen molar-refractivity contribution >= 4 is 21.9 Å². The van der Waals surface area contributed by atoms with Crippen LogP contribution in [-0.4, -0.2) is 17.1 Å². The summed E-state index contributed by atoms with van der Waals surface area (Å²) in [5.41, 5.74) is 0.935. The largest absolute Gasteiger partial charge is 0.481 e. The van der Waals surface area contributed by atoms with E-state index < -0.39 is 5.97 Å². The zero-order valence-corrected chi connectivity index (χ0v) is 13.7. The Balaban J connectivity index is 1.98. The summed E-state index contributed by atoms with van der Waals surface area (Å²) in [6.45, 7) is 2.07. The zero-order chi connectivity index (χ0) is 15.4. The van der Waals surface area contributed by atoms with Gasteiger partial charge < -0.3 is 10.4 Å². The number of aliphatic carboxylic acids is 1. The van der Waals surface area contributed by atoms with Crippen molar-refractivity contribution in [2.75, 3.05) is 0 Å². The molecule has 0 aromatic heterocycles. The Labute approximate surface area is 133 Å². The fourth-order valence-corrected chi connectivity index (χ4v) is 3.50. The lowest BCUT2D eigenvalue weighted by Crippen LogP contribution is -2.37. The van der Waals surface area contributed by atoms with Gasteiger partial charge in [0.05, 0.1) is 5.92 Å². The standard InChI is InChI=1S/C16H21BrFNO2/c1-2-15(11-7-12(17)9-13(18)8-11)19-14-5-3-10(4-6-14)16(20)21/h7-10,14-15,19H,2-6H2,1H3,(H,20,21). The first-order chi connectivity index (χ1) is 9.99. The van der Waals surface area contributed by atoms with E-state index in [1.807, 2.05) is 6.07 Å². The van der Waals surface area contributed by atoms with Gasteiger partial charge in [0.15, 0.2) is 0 Å². The quantitative estimate of drug-likeness (QED) is 0.826. The molecule has 1 fully saturated rings. The van der Waals surface area contributed by atoms with E-state index in [0.29, 0.717) is 6.04 Å². The third kappa shape index (κ3) is 4.51. The second-order valence-electron chi connectivity index (χ2n) is 5.72. The highest BCUT2D eigenvalue weighted by molar-refractivity contribution is 9.10. The molecule has 3 nitrogen and oxygen atoms in total. The molecule has 0 aliphatic heterocycles. The van der Waals surface area contributed by atoms with Gasteiger partial charge in [-0.1, -0.05) is 22.9 Å². The first-order valence-electron chi connectivity index (χ1n) is 7.44. The lowest BCUT2D eigenvalue weighted by Gasteiger charge is -2.30. The highest BCUT2D eigenvalue weighted by Crippen LogP contribution is 2.28. The first-order valence-corrected chi connectivity index (χ1v) is 8.23. The van der Waals surface area contributed by atoms with Crippen LogP contribution in [0.4, 0.5) is 4.39 Å². The van der Waals surface area contributed by atoms with E-state index in [1.165, 1.54) is 6.07 Å². The Bertz CT molecular complexity index is 481. The lowest BCUT2D eigenvalue weighted by molar-refractivity contribution is -0.142. The predicted molar refractivity (Wildman–Crippen MR) is 83.6 cm³/mol. The summed E-state index contributed by atoms with van der Waals surface area (Å²) in [4.78, 5) is 11.0. The van der Waals surface area contributed by atoms with E-state index in [1.54, 1.807) is 6.07 Å². The average Bonchev–Trinajstić information content (AvgIpc) is 2.44. The van der Waals surface area contributed by atoms with Gasteiger partial charge in [0.2, 0.25) is 0 Å². The number of rotatable bonds is 5. The molecule has 1 aliphatic carbocycles. The molecule has 2 rings (SSSR count). The van der Waals surface area contributed by atoms with Crippen LogP contribution in [0.1, 0.15) is 50.6 Å². The topological polar surface area (TPSA) is 49.3 Å². The summed E-state index contributed by atoms with van der Waals surface area (Å²) in [5.74, 6) is -1.13. The van der Waals surface area contributed by atoms with Gasteiger partial charge in [0.1, 0.15) is 5.82 Å². The third-order valence-electron chi connectivity index (χ3n) is 4.21. The summed E-state index contributed by atoms with van der Waals surface area (Å²) >= 11 is 3.33. The molecule has 21 heavy (non-hydrogen) atoms. The zero-order valence-electron chi connectivity index (χ0n) is 12.1. The minimum absolute atomic E-state index is 0.100. The van der Waals surface area contributed by atoms with Crippen molar-refractivity contribution in [2.45, 2.75) is 51.1 Å². The number of benzene rings is 1. The van der Waals surface area contributed by atoms with Gasteiger partial charge in [-0.25, -0.2) is 4.39 Å². The Morgan fingerprint density at radius 3 is 2.57 bits per heavy atom. The lowest BCUT2D eigenvalue weighted by atomic mass is 9.85. The Kier molecular flexibility index (Phi) is 5.76. The minimum Gasteiger partial charge on any atom is -0.481 e. The van der Waals surface area contributed by atoms with Crippen molar-refractivity contribution in [1.82, 2.24) is 5.32 Å². The molecule has 1 saturated carbocycles. The van der Waals surface area contributed by atoms with Gasteiger partial charge in [-0.15, -0.1) is 0 Å². The van der Waals surface area contributed by atoms with Gasteiger partial charge in [0.25, 0.3) is 0 Å². The van der Waals surface area contributed by atoms with Crippen LogP contribution in [-0.2, 0) is 4.79 Å². The smallest absolute Gasteiger partial charge is 0.306 e.